The molecule has 28 heavy (non-hydrogen) atoms. The summed E-state index contributed by atoms with van der Waals surface area (Å²) in [7, 11) is 0. The molecule has 3 N–H and O–H groups in total. The van der Waals surface area contributed by atoms with Crippen LogP contribution in [0, 0.1) is 0 Å². The molecule has 0 bridgehead atoms. The highest BCUT2D eigenvalue weighted by atomic mass is 16.5. The predicted octanol–water partition coefficient (Wildman–Crippen LogP) is 1.11. The molecule has 0 atom stereocenters. The van der Waals surface area contributed by atoms with E-state index >= 15 is 0 Å². The SMILES string of the molecule is CCCCN(C(=O)COC(=O)c1ccco1)c1c(N)n(CCC)c(=O)[nH]c1=O. The van der Waals surface area contributed by atoms with Crippen LogP contribution in [0.1, 0.15) is 43.7 Å². The molecule has 0 spiro atoms. The number of H-pyrrole nitrogens is 1. The van der Waals surface area contributed by atoms with Crippen molar-refractivity contribution in [3.05, 3.63) is 45.0 Å². The largest absolute Gasteiger partial charge is 0.457 e. The van der Waals surface area contributed by atoms with Crippen molar-refractivity contribution in [1.82, 2.24) is 9.55 Å². The topological polar surface area (TPSA) is 141 Å². The van der Waals surface area contributed by atoms with Crippen LogP contribution in [0.3, 0.4) is 0 Å². The summed E-state index contributed by atoms with van der Waals surface area (Å²) in [4.78, 5) is 52.3. The van der Waals surface area contributed by atoms with Gasteiger partial charge in [-0.25, -0.2) is 9.59 Å². The van der Waals surface area contributed by atoms with E-state index in [2.05, 4.69) is 4.98 Å². The number of unbranched alkanes of at least 4 members (excludes halogenated alkanes) is 1. The Morgan fingerprint density at radius 1 is 1.29 bits per heavy atom. The van der Waals surface area contributed by atoms with Crippen LogP contribution in [0.5, 0.6) is 0 Å². The first-order chi connectivity index (χ1) is 13.4. The van der Waals surface area contributed by atoms with E-state index in [0.29, 0.717) is 12.8 Å². The van der Waals surface area contributed by atoms with E-state index < -0.39 is 29.7 Å². The van der Waals surface area contributed by atoms with Gasteiger partial charge < -0.3 is 19.8 Å². The van der Waals surface area contributed by atoms with Crippen LogP contribution in [0.15, 0.2) is 32.4 Å². The molecule has 0 saturated carbocycles. The van der Waals surface area contributed by atoms with Crippen LogP contribution in [0.4, 0.5) is 11.5 Å². The maximum absolute atomic E-state index is 12.7. The average Bonchev–Trinajstić information content (AvgIpc) is 3.20. The Morgan fingerprint density at radius 2 is 2.04 bits per heavy atom. The number of nitrogens with zero attached hydrogens (tertiary/aromatic N) is 2. The molecule has 10 heteroatoms. The maximum atomic E-state index is 12.7. The van der Waals surface area contributed by atoms with E-state index in [4.69, 9.17) is 14.9 Å². The van der Waals surface area contributed by atoms with Gasteiger partial charge in [-0.3, -0.25) is 19.1 Å². The van der Waals surface area contributed by atoms with Crippen molar-refractivity contribution in [3.8, 4) is 0 Å². The number of nitrogen functional groups attached to an aromatic ring is 1. The molecule has 0 radical (unpaired) electrons. The zero-order chi connectivity index (χ0) is 20.7. The van der Waals surface area contributed by atoms with Gasteiger partial charge in [0.05, 0.1) is 6.26 Å². The van der Waals surface area contributed by atoms with Crippen LogP contribution in [-0.4, -0.2) is 34.6 Å². The summed E-state index contributed by atoms with van der Waals surface area (Å²) in [6.07, 6.45) is 3.26. The first-order valence-electron chi connectivity index (χ1n) is 9.04. The summed E-state index contributed by atoms with van der Waals surface area (Å²) >= 11 is 0. The number of esters is 1. The van der Waals surface area contributed by atoms with Crippen LogP contribution in [-0.2, 0) is 16.1 Å². The zero-order valence-corrected chi connectivity index (χ0v) is 15.9. The molecule has 0 unspecified atom stereocenters. The van der Waals surface area contributed by atoms with Gasteiger partial charge in [0, 0.05) is 13.1 Å². The second-order valence-electron chi connectivity index (χ2n) is 6.10. The van der Waals surface area contributed by atoms with Gasteiger partial charge in [0.25, 0.3) is 11.5 Å². The second-order valence-corrected chi connectivity index (χ2v) is 6.10. The Kier molecular flexibility index (Phi) is 7.19. The Hall–Kier alpha value is -3.30. The molecule has 152 valence electrons. The van der Waals surface area contributed by atoms with E-state index in [9.17, 15) is 19.2 Å². The lowest BCUT2D eigenvalue weighted by molar-refractivity contribution is -0.121. The highest BCUT2D eigenvalue weighted by Gasteiger charge is 2.25. The molecule has 0 saturated heterocycles. The van der Waals surface area contributed by atoms with Crippen LogP contribution in [0.25, 0.3) is 0 Å². The molecule has 2 aromatic heterocycles. The first-order valence-corrected chi connectivity index (χ1v) is 9.04. The number of furan rings is 1. The number of aromatic amines is 1. The summed E-state index contributed by atoms with van der Waals surface area (Å²) in [5, 5.41) is 0. The van der Waals surface area contributed by atoms with Gasteiger partial charge in [-0.2, -0.15) is 0 Å². The quantitative estimate of drug-likeness (QED) is 0.609. The number of rotatable bonds is 9. The molecule has 0 fully saturated rings. The van der Waals surface area contributed by atoms with E-state index in [1.54, 1.807) is 0 Å². The third-order valence-electron chi connectivity index (χ3n) is 4.02. The number of amides is 1. The monoisotopic (exact) mass is 392 g/mol. The fraction of sp³-hybridized carbons (Fsp3) is 0.444. The number of ether oxygens (including phenoxy) is 1. The van der Waals surface area contributed by atoms with Crippen molar-refractivity contribution in [2.24, 2.45) is 0 Å². The van der Waals surface area contributed by atoms with Crippen LogP contribution < -0.4 is 21.9 Å². The number of hydrogen-bond donors (Lipinski definition) is 2. The molecule has 2 aromatic rings. The van der Waals surface area contributed by atoms with Crippen molar-refractivity contribution in [3.63, 3.8) is 0 Å². The summed E-state index contributed by atoms with van der Waals surface area (Å²) in [6.45, 7) is 3.65. The number of nitrogens with one attached hydrogen (secondary N) is 1. The number of carbonyl (C=O) groups is 2. The molecular formula is C18H24N4O6. The fourth-order valence-electron chi connectivity index (χ4n) is 2.63. The number of nitrogens with two attached hydrogens (primary N) is 1. The van der Waals surface area contributed by atoms with Gasteiger partial charge in [-0.05, 0) is 25.0 Å². The molecule has 0 aliphatic heterocycles. The average molecular weight is 392 g/mol. The third kappa shape index (κ3) is 4.70. The van der Waals surface area contributed by atoms with Gasteiger partial charge in [-0.15, -0.1) is 0 Å². The van der Waals surface area contributed by atoms with E-state index in [1.165, 1.54) is 23.0 Å². The minimum absolute atomic E-state index is 0.0400. The highest BCUT2D eigenvalue weighted by molar-refractivity contribution is 5.98. The number of aromatic nitrogens is 2. The van der Waals surface area contributed by atoms with Gasteiger partial charge in [-0.1, -0.05) is 20.3 Å². The van der Waals surface area contributed by atoms with Crippen molar-refractivity contribution in [2.75, 3.05) is 23.8 Å². The predicted molar refractivity (Wildman–Crippen MR) is 102 cm³/mol. The standard InChI is InChI=1S/C18H24N4O6/c1-3-5-9-21(13(23)11-28-17(25)12-7-6-10-27-12)14-15(19)22(8-4-2)18(26)20-16(14)24/h6-7,10H,3-5,8-9,11,19H2,1-2H3,(H,20,24,26). The van der Waals surface area contributed by atoms with Gasteiger partial charge >= 0.3 is 11.7 Å². The second kappa shape index (κ2) is 9.58. The van der Waals surface area contributed by atoms with E-state index in [1.807, 2.05) is 13.8 Å². The Morgan fingerprint density at radius 3 is 2.64 bits per heavy atom. The number of anilines is 2. The van der Waals surface area contributed by atoms with Gasteiger partial charge in [0.15, 0.2) is 12.3 Å². The van der Waals surface area contributed by atoms with Crippen molar-refractivity contribution >= 4 is 23.4 Å². The zero-order valence-electron chi connectivity index (χ0n) is 15.9. The first kappa shape index (κ1) is 21.0. The van der Waals surface area contributed by atoms with Gasteiger partial charge in [0.1, 0.15) is 5.82 Å². The van der Waals surface area contributed by atoms with E-state index in [0.717, 1.165) is 11.3 Å². The molecule has 0 aromatic carbocycles. The van der Waals surface area contributed by atoms with Crippen molar-refractivity contribution in [1.29, 1.82) is 0 Å². The summed E-state index contributed by atoms with van der Waals surface area (Å²) in [6, 6.07) is 2.92. The maximum Gasteiger partial charge on any atom is 0.374 e. The highest BCUT2D eigenvalue weighted by Crippen LogP contribution is 2.18. The smallest absolute Gasteiger partial charge is 0.374 e. The Labute approximate surface area is 160 Å². The molecule has 0 aliphatic rings. The molecule has 2 rings (SSSR count). The van der Waals surface area contributed by atoms with Crippen LogP contribution >= 0.6 is 0 Å². The van der Waals surface area contributed by atoms with Crippen molar-refractivity contribution < 1.29 is 18.7 Å². The fourth-order valence-corrected chi connectivity index (χ4v) is 2.63. The number of hydrogen-bond acceptors (Lipinski definition) is 7. The van der Waals surface area contributed by atoms with E-state index in [-0.39, 0.29) is 30.4 Å². The Balaban J connectivity index is 2.31. The summed E-state index contributed by atoms with van der Waals surface area (Å²) in [5.74, 6) is -1.57. The summed E-state index contributed by atoms with van der Waals surface area (Å²) < 4.78 is 11.1. The minimum atomic E-state index is -0.799. The number of carbonyl (C=O) groups excluding carboxylic acids is 2. The third-order valence-corrected chi connectivity index (χ3v) is 4.02. The lowest BCUT2D eigenvalue weighted by atomic mass is 10.2. The normalized spacial score (nSPS) is 10.6. The molecule has 2 heterocycles. The lowest BCUT2D eigenvalue weighted by Gasteiger charge is -2.24. The molecular weight excluding hydrogens is 368 g/mol. The molecule has 0 aliphatic carbocycles. The Bertz CT molecular complexity index is 929. The minimum Gasteiger partial charge on any atom is -0.457 e. The molecule has 1 amide bonds. The van der Waals surface area contributed by atoms with Crippen LogP contribution in [0.2, 0.25) is 0 Å². The lowest BCUT2D eigenvalue weighted by Crippen LogP contribution is -2.43. The molecule has 10 nitrogen and oxygen atoms in total. The van der Waals surface area contributed by atoms with Crippen molar-refractivity contribution in [2.45, 2.75) is 39.7 Å². The summed E-state index contributed by atoms with van der Waals surface area (Å²) in [5.41, 5.74) is 4.51. The van der Waals surface area contributed by atoms with Gasteiger partial charge in [0.2, 0.25) is 5.76 Å².